The number of aliphatic hydroxyl groups is 1. The van der Waals surface area contributed by atoms with Crippen LogP contribution in [-0.2, 0) is 0 Å². The van der Waals surface area contributed by atoms with Crippen molar-refractivity contribution in [2.45, 2.75) is 51.1 Å². The molecule has 1 aliphatic carbocycles. The molecule has 0 aromatic carbocycles. The average Bonchev–Trinajstić information content (AvgIpc) is 2.90. The van der Waals surface area contributed by atoms with Crippen molar-refractivity contribution in [3.8, 4) is 12.1 Å². The van der Waals surface area contributed by atoms with Crippen LogP contribution >= 0.6 is 0 Å². The maximum Gasteiger partial charge on any atom is 0.149 e. The van der Waals surface area contributed by atoms with Crippen LogP contribution in [0.4, 0.5) is 0 Å². The highest BCUT2D eigenvalue weighted by Crippen LogP contribution is 2.57. The molecule has 1 rings (SSSR count). The summed E-state index contributed by atoms with van der Waals surface area (Å²) in [5, 5.41) is 28.4. The smallest absolute Gasteiger partial charge is 0.149 e. The van der Waals surface area contributed by atoms with Crippen LogP contribution in [0.5, 0.6) is 0 Å². The van der Waals surface area contributed by atoms with Crippen LogP contribution in [-0.4, -0.2) is 18.9 Å². The normalized spacial score (nSPS) is 25.4. The van der Waals surface area contributed by atoms with E-state index < -0.39 is 19.2 Å². The Kier molecular flexibility index (Phi) is 2.96. The Bertz CT molecular complexity index is 356. The second-order valence-electron chi connectivity index (χ2n) is 6.42. The molecule has 4 heteroatoms. The van der Waals surface area contributed by atoms with Gasteiger partial charge in [0.1, 0.15) is 5.41 Å². The van der Waals surface area contributed by atoms with Gasteiger partial charge in [-0.25, -0.2) is 0 Å². The largest absolute Gasteiger partial charge is 0.396 e. The molecule has 2 atom stereocenters. The minimum Gasteiger partial charge on any atom is -0.396 e. The van der Waals surface area contributed by atoms with Crippen molar-refractivity contribution in [3.63, 3.8) is 0 Å². The first-order chi connectivity index (χ1) is 7.12. The van der Waals surface area contributed by atoms with Gasteiger partial charge >= 0.3 is 0 Å². The molecular formula is C12H20N2OSi. The fourth-order valence-electron chi connectivity index (χ4n) is 1.90. The molecule has 0 radical (unpaired) electrons. The zero-order chi connectivity index (χ0) is 12.8. The lowest BCUT2D eigenvalue weighted by molar-refractivity contribution is 0.206. The van der Waals surface area contributed by atoms with E-state index in [4.69, 9.17) is 10.5 Å². The van der Waals surface area contributed by atoms with E-state index in [1.165, 1.54) is 0 Å². The summed E-state index contributed by atoms with van der Waals surface area (Å²) in [5.41, 5.74) is -1.37. The molecule has 88 valence electrons. The molecule has 3 nitrogen and oxygen atoms in total. The molecule has 0 amide bonds. The molecule has 0 aliphatic heterocycles. The molecule has 1 fully saturated rings. The van der Waals surface area contributed by atoms with Gasteiger partial charge in [-0.3, -0.25) is 0 Å². The van der Waals surface area contributed by atoms with Gasteiger partial charge in [0.15, 0.2) is 0 Å². The predicted octanol–water partition coefficient (Wildman–Crippen LogP) is 2.45. The van der Waals surface area contributed by atoms with E-state index in [0.29, 0.717) is 6.42 Å². The summed E-state index contributed by atoms with van der Waals surface area (Å²) < 4.78 is 0. The van der Waals surface area contributed by atoms with Crippen molar-refractivity contribution in [2.75, 3.05) is 0 Å². The summed E-state index contributed by atoms with van der Waals surface area (Å²) in [6.07, 6.45) is 0.535. The van der Waals surface area contributed by atoms with E-state index >= 15 is 0 Å². The monoisotopic (exact) mass is 236 g/mol. The summed E-state index contributed by atoms with van der Waals surface area (Å²) in [6.45, 7) is 10.7. The lowest BCUT2D eigenvalue weighted by Crippen LogP contribution is -2.51. The van der Waals surface area contributed by atoms with Gasteiger partial charge in [0.2, 0.25) is 0 Å². The maximum atomic E-state index is 10.4. The van der Waals surface area contributed by atoms with Crippen LogP contribution in [0, 0.1) is 34.0 Å². The van der Waals surface area contributed by atoms with E-state index in [9.17, 15) is 5.11 Å². The summed E-state index contributed by atoms with van der Waals surface area (Å²) in [4.78, 5) is 0. The summed E-state index contributed by atoms with van der Waals surface area (Å²) in [7, 11) is -1.88. The molecular weight excluding hydrogens is 216 g/mol. The van der Waals surface area contributed by atoms with E-state index in [1.54, 1.807) is 0 Å². The fourth-order valence-corrected chi connectivity index (χ4v) is 4.19. The van der Waals surface area contributed by atoms with Crippen LogP contribution in [0.2, 0.25) is 18.1 Å². The lowest BCUT2D eigenvalue weighted by Gasteiger charge is -2.41. The lowest BCUT2D eigenvalue weighted by atomic mass is 10.1. The van der Waals surface area contributed by atoms with Crippen molar-refractivity contribution in [3.05, 3.63) is 0 Å². The highest BCUT2D eigenvalue weighted by molar-refractivity contribution is 6.81. The van der Waals surface area contributed by atoms with Gasteiger partial charge in [-0.1, -0.05) is 33.9 Å². The number of nitriles is 2. The first-order valence-electron chi connectivity index (χ1n) is 5.63. The highest BCUT2D eigenvalue weighted by Gasteiger charge is 2.63. The molecule has 0 aromatic heterocycles. The molecule has 0 bridgehead atoms. The SMILES string of the molecule is CC(C)(C)[Si](C)(C)[C@H](O)[C@@H]1CC1(C#N)C#N. The van der Waals surface area contributed by atoms with Crippen LogP contribution in [0.1, 0.15) is 27.2 Å². The zero-order valence-electron chi connectivity index (χ0n) is 10.7. The highest BCUT2D eigenvalue weighted by atomic mass is 28.3. The molecule has 0 unspecified atom stereocenters. The van der Waals surface area contributed by atoms with Gasteiger partial charge in [-0.15, -0.1) is 0 Å². The third kappa shape index (κ3) is 1.77. The van der Waals surface area contributed by atoms with Gasteiger partial charge in [0.25, 0.3) is 0 Å². The van der Waals surface area contributed by atoms with E-state index in [-0.39, 0.29) is 11.0 Å². The first kappa shape index (κ1) is 13.2. The summed E-state index contributed by atoms with van der Waals surface area (Å²) in [6, 6.07) is 4.12. The quantitative estimate of drug-likeness (QED) is 0.749. The van der Waals surface area contributed by atoms with Gasteiger partial charge in [-0.05, 0) is 11.5 Å². The van der Waals surface area contributed by atoms with Crippen molar-refractivity contribution in [2.24, 2.45) is 11.3 Å². The molecule has 0 saturated heterocycles. The predicted molar refractivity (Wildman–Crippen MR) is 65.0 cm³/mol. The Morgan fingerprint density at radius 3 is 2.00 bits per heavy atom. The Balaban J connectivity index is 2.89. The second-order valence-corrected chi connectivity index (χ2v) is 12.0. The zero-order valence-corrected chi connectivity index (χ0v) is 11.7. The van der Waals surface area contributed by atoms with Gasteiger partial charge < -0.3 is 5.11 Å². The van der Waals surface area contributed by atoms with Crippen LogP contribution in [0.3, 0.4) is 0 Å². The third-order valence-electron chi connectivity index (χ3n) is 4.47. The molecule has 1 N–H and O–H groups in total. The molecule has 0 spiro atoms. The molecule has 0 heterocycles. The average molecular weight is 236 g/mol. The number of rotatable bonds is 2. The first-order valence-corrected chi connectivity index (χ1v) is 8.71. The molecule has 16 heavy (non-hydrogen) atoms. The number of aliphatic hydroxyl groups excluding tert-OH is 1. The van der Waals surface area contributed by atoms with E-state index in [2.05, 4.69) is 46.0 Å². The second kappa shape index (κ2) is 3.58. The third-order valence-corrected chi connectivity index (χ3v) is 10.2. The van der Waals surface area contributed by atoms with Crippen LogP contribution in [0.25, 0.3) is 0 Å². The summed E-state index contributed by atoms with van der Waals surface area (Å²) in [5.74, 6) is -0.136. The van der Waals surface area contributed by atoms with Crippen LogP contribution in [0.15, 0.2) is 0 Å². The Morgan fingerprint density at radius 1 is 1.31 bits per heavy atom. The Labute approximate surface area is 98.7 Å². The van der Waals surface area contributed by atoms with Gasteiger partial charge in [-0.2, -0.15) is 10.5 Å². The topological polar surface area (TPSA) is 67.8 Å². The molecule has 0 aromatic rings. The fraction of sp³-hybridized carbons (Fsp3) is 0.833. The van der Waals surface area contributed by atoms with Gasteiger partial charge in [0.05, 0.1) is 25.9 Å². The van der Waals surface area contributed by atoms with Crippen molar-refractivity contribution < 1.29 is 5.11 Å². The standard InChI is InChI=1S/C12H20N2OSi/c1-11(2,3)16(4,5)10(15)9-6-12(9,7-13)8-14/h9-10,15H,6H2,1-5H3/t9-,10-/m0/s1. The number of nitrogens with zero attached hydrogens (tertiary/aromatic N) is 2. The Morgan fingerprint density at radius 2 is 1.75 bits per heavy atom. The number of hydrogen-bond donors (Lipinski definition) is 1. The molecule has 1 aliphatic rings. The van der Waals surface area contributed by atoms with Crippen LogP contribution < -0.4 is 0 Å². The van der Waals surface area contributed by atoms with Crippen molar-refractivity contribution >= 4 is 8.07 Å². The van der Waals surface area contributed by atoms with Gasteiger partial charge in [0, 0.05) is 5.92 Å². The number of hydrogen-bond acceptors (Lipinski definition) is 3. The minimum atomic E-state index is -1.88. The van der Waals surface area contributed by atoms with Crippen molar-refractivity contribution in [1.82, 2.24) is 0 Å². The Hall–Kier alpha value is -0.843. The van der Waals surface area contributed by atoms with E-state index in [0.717, 1.165) is 0 Å². The minimum absolute atomic E-state index is 0.0751. The van der Waals surface area contributed by atoms with E-state index in [1.807, 2.05) is 0 Å². The van der Waals surface area contributed by atoms with Crippen molar-refractivity contribution in [1.29, 1.82) is 10.5 Å². The summed E-state index contributed by atoms with van der Waals surface area (Å²) >= 11 is 0. The molecule has 1 saturated carbocycles. The maximum absolute atomic E-state index is 10.4.